The summed E-state index contributed by atoms with van der Waals surface area (Å²) in [5.74, 6) is 0.875. The molecule has 2 aliphatic rings. The highest BCUT2D eigenvalue weighted by Gasteiger charge is 2.41. The van der Waals surface area contributed by atoms with E-state index in [1.54, 1.807) is 22.5 Å². The maximum atomic E-state index is 12.2. The minimum absolute atomic E-state index is 0.158. The Morgan fingerprint density at radius 1 is 1.23 bits per heavy atom. The number of amides is 1. The molecule has 2 fully saturated rings. The van der Waals surface area contributed by atoms with Gasteiger partial charge < -0.3 is 14.3 Å². The summed E-state index contributed by atoms with van der Waals surface area (Å²) >= 11 is 0. The monoisotopic (exact) mass is 379 g/mol. The molecule has 2 aromatic heterocycles. The van der Waals surface area contributed by atoms with Crippen molar-refractivity contribution < 1.29 is 22.2 Å². The van der Waals surface area contributed by atoms with Crippen LogP contribution in [-0.4, -0.2) is 48.7 Å². The fourth-order valence-corrected chi connectivity index (χ4v) is 5.06. The summed E-state index contributed by atoms with van der Waals surface area (Å²) < 4.78 is 36.4. The fraction of sp³-hybridized carbons (Fsp3) is 0.529. The molecule has 1 N–H and O–H groups in total. The minimum Gasteiger partial charge on any atom is -0.461 e. The van der Waals surface area contributed by atoms with Crippen molar-refractivity contribution in [3.8, 4) is 11.5 Å². The SMILES string of the molecule is O=C(NCC1CCN(S(=O)(=O)C2CC2)CC1)c1cc(-c2ccco2)on1. The van der Waals surface area contributed by atoms with Crippen LogP contribution in [0, 0.1) is 5.92 Å². The van der Waals surface area contributed by atoms with Gasteiger partial charge in [-0.25, -0.2) is 12.7 Å². The van der Waals surface area contributed by atoms with Crippen molar-refractivity contribution in [2.24, 2.45) is 5.92 Å². The Kier molecular flexibility index (Phi) is 4.58. The molecule has 1 amide bonds. The number of nitrogens with zero attached hydrogens (tertiary/aromatic N) is 2. The summed E-state index contributed by atoms with van der Waals surface area (Å²) in [5, 5.41) is 6.47. The van der Waals surface area contributed by atoms with E-state index in [0.717, 1.165) is 25.7 Å². The second kappa shape index (κ2) is 6.88. The van der Waals surface area contributed by atoms with Crippen LogP contribution in [0.3, 0.4) is 0 Å². The molecule has 0 spiro atoms. The quantitative estimate of drug-likeness (QED) is 0.821. The first-order valence-electron chi connectivity index (χ1n) is 8.82. The highest BCUT2D eigenvalue weighted by molar-refractivity contribution is 7.90. The van der Waals surface area contributed by atoms with Crippen molar-refractivity contribution in [1.29, 1.82) is 0 Å². The van der Waals surface area contributed by atoms with Crippen LogP contribution in [0.15, 0.2) is 33.4 Å². The summed E-state index contributed by atoms with van der Waals surface area (Å²) in [7, 11) is -3.09. The van der Waals surface area contributed by atoms with E-state index >= 15 is 0 Å². The summed E-state index contributed by atoms with van der Waals surface area (Å²) in [6.45, 7) is 1.57. The zero-order valence-corrected chi connectivity index (χ0v) is 15.1. The highest BCUT2D eigenvalue weighted by atomic mass is 32.2. The van der Waals surface area contributed by atoms with E-state index in [9.17, 15) is 13.2 Å². The number of rotatable bonds is 6. The van der Waals surface area contributed by atoms with Crippen LogP contribution in [0.2, 0.25) is 0 Å². The Morgan fingerprint density at radius 2 is 2.00 bits per heavy atom. The third-order valence-corrected chi connectivity index (χ3v) is 7.34. The summed E-state index contributed by atoms with van der Waals surface area (Å²) in [5.41, 5.74) is 0.199. The number of aromatic nitrogens is 1. The molecule has 2 aromatic rings. The predicted octanol–water partition coefficient (Wildman–Crippen LogP) is 1.87. The normalized spacial score (nSPS) is 19.5. The first-order chi connectivity index (χ1) is 12.5. The minimum atomic E-state index is -3.09. The predicted molar refractivity (Wildman–Crippen MR) is 92.8 cm³/mol. The van der Waals surface area contributed by atoms with Crippen molar-refractivity contribution in [2.75, 3.05) is 19.6 Å². The number of carbonyl (C=O) groups is 1. The van der Waals surface area contributed by atoms with Gasteiger partial charge in [0.05, 0.1) is 11.5 Å². The zero-order chi connectivity index (χ0) is 18.1. The number of sulfonamides is 1. The summed E-state index contributed by atoms with van der Waals surface area (Å²) in [6, 6.07) is 5.00. The van der Waals surface area contributed by atoms with E-state index in [4.69, 9.17) is 8.94 Å². The maximum absolute atomic E-state index is 12.2. The molecule has 26 heavy (non-hydrogen) atoms. The van der Waals surface area contributed by atoms with Gasteiger partial charge in [-0.15, -0.1) is 0 Å². The number of hydrogen-bond donors (Lipinski definition) is 1. The molecule has 1 saturated carbocycles. The van der Waals surface area contributed by atoms with E-state index in [0.29, 0.717) is 31.2 Å². The molecule has 0 atom stereocenters. The van der Waals surface area contributed by atoms with Gasteiger partial charge in [-0.05, 0) is 43.7 Å². The van der Waals surface area contributed by atoms with E-state index < -0.39 is 10.0 Å². The molecule has 1 saturated heterocycles. The molecule has 8 nitrogen and oxygen atoms in total. The fourth-order valence-electron chi connectivity index (χ4n) is 3.19. The third-order valence-electron chi connectivity index (χ3n) is 4.94. The van der Waals surface area contributed by atoms with Gasteiger partial charge in [0, 0.05) is 25.7 Å². The van der Waals surface area contributed by atoms with Crippen molar-refractivity contribution >= 4 is 15.9 Å². The molecular formula is C17H21N3O5S. The third kappa shape index (κ3) is 3.54. The van der Waals surface area contributed by atoms with Crippen LogP contribution in [0.5, 0.6) is 0 Å². The first kappa shape index (κ1) is 17.3. The van der Waals surface area contributed by atoms with Crippen molar-refractivity contribution in [3.05, 3.63) is 30.2 Å². The van der Waals surface area contributed by atoms with E-state index in [2.05, 4.69) is 10.5 Å². The molecule has 9 heteroatoms. The van der Waals surface area contributed by atoms with Crippen LogP contribution < -0.4 is 5.32 Å². The van der Waals surface area contributed by atoms with E-state index in [1.807, 2.05) is 0 Å². The second-order valence-corrected chi connectivity index (χ2v) is 9.06. The lowest BCUT2D eigenvalue weighted by molar-refractivity contribution is 0.0932. The lowest BCUT2D eigenvalue weighted by Gasteiger charge is -2.31. The van der Waals surface area contributed by atoms with Gasteiger partial charge in [0.15, 0.2) is 11.5 Å². The average Bonchev–Trinajstić information content (AvgIpc) is 3.17. The molecule has 3 heterocycles. The molecule has 1 aliphatic carbocycles. The second-order valence-electron chi connectivity index (χ2n) is 6.85. The molecule has 1 aliphatic heterocycles. The van der Waals surface area contributed by atoms with Crippen LogP contribution >= 0.6 is 0 Å². The van der Waals surface area contributed by atoms with Gasteiger partial charge in [-0.1, -0.05) is 5.16 Å². The molecule has 0 unspecified atom stereocenters. The topological polar surface area (TPSA) is 106 Å². The largest absolute Gasteiger partial charge is 0.461 e. The number of piperidine rings is 1. The molecular weight excluding hydrogens is 358 g/mol. The Labute approximate surface area is 151 Å². The molecule has 140 valence electrons. The lowest BCUT2D eigenvalue weighted by atomic mass is 9.98. The Balaban J connectivity index is 1.26. The molecule has 0 radical (unpaired) electrons. The molecule has 0 bridgehead atoms. The highest BCUT2D eigenvalue weighted by Crippen LogP contribution is 2.33. The van der Waals surface area contributed by atoms with Gasteiger partial charge in [0.25, 0.3) is 5.91 Å². The maximum Gasteiger partial charge on any atom is 0.273 e. The van der Waals surface area contributed by atoms with Crippen LogP contribution in [0.25, 0.3) is 11.5 Å². The van der Waals surface area contributed by atoms with Crippen molar-refractivity contribution in [2.45, 2.75) is 30.9 Å². The van der Waals surface area contributed by atoms with Gasteiger partial charge in [0.1, 0.15) is 0 Å². The van der Waals surface area contributed by atoms with Crippen LogP contribution in [-0.2, 0) is 10.0 Å². The van der Waals surface area contributed by atoms with Crippen molar-refractivity contribution in [1.82, 2.24) is 14.8 Å². The number of furan rings is 1. The number of hydrogen-bond acceptors (Lipinski definition) is 6. The van der Waals surface area contributed by atoms with Gasteiger partial charge in [0.2, 0.25) is 15.8 Å². The Morgan fingerprint density at radius 3 is 2.65 bits per heavy atom. The smallest absolute Gasteiger partial charge is 0.273 e. The summed E-state index contributed by atoms with van der Waals surface area (Å²) in [4.78, 5) is 12.2. The Hall–Kier alpha value is -2.13. The molecule has 0 aromatic carbocycles. The average molecular weight is 379 g/mol. The van der Waals surface area contributed by atoms with Gasteiger partial charge in [-0.3, -0.25) is 4.79 Å². The standard InChI is InChI=1S/C17H21N3O5S/c21-17(14-10-16(25-19-14)15-2-1-9-24-15)18-11-12-5-7-20(8-6-12)26(22,23)13-3-4-13/h1-2,9-10,12-13H,3-8,11H2,(H,18,21). The van der Waals surface area contributed by atoms with Crippen molar-refractivity contribution in [3.63, 3.8) is 0 Å². The van der Waals surface area contributed by atoms with E-state index in [1.165, 1.54) is 6.26 Å². The number of carbonyl (C=O) groups excluding carboxylic acids is 1. The first-order valence-corrected chi connectivity index (χ1v) is 10.3. The number of nitrogens with one attached hydrogen (secondary N) is 1. The van der Waals surface area contributed by atoms with Crippen LogP contribution in [0.4, 0.5) is 0 Å². The Bertz CT molecular complexity index is 862. The van der Waals surface area contributed by atoms with Gasteiger partial charge >= 0.3 is 0 Å². The van der Waals surface area contributed by atoms with Gasteiger partial charge in [-0.2, -0.15) is 0 Å². The molecule has 4 rings (SSSR count). The summed E-state index contributed by atoms with van der Waals surface area (Å²) in [6.07, 6.45) is 4.60. The van der Waals surface area contributed by atoms with Crippen LogP contribution in [0.1, 0.15) is 36.2 Å². The lowest BCUT2D eigenvalue weighted by Crippen LogP contribution is -2.42. The van der Waals surface area contributed by atoms with E-state index in [-0.39, 0.29) is 22.8 Å². The zero-order valence-electron chi connectivity index (χ0n) is 14.3.